The Bertz CT molecular complexity index is 2500. The minimum absolute atomic E-state index is 0.409. The van der Waals surface area contributed by atoms with E-state index in [0.717, 1.165) is 60.0 Å². The zero-order valence-electron chi connectivity index (χ0n) is 26.6. The Morgan fingerprint density at radius 2 is 1.08 bits per heavy atom. The predicted molar refractivity (Wildman–Crippen MR) is 197 cm³/mol. The molecule has 2 aromatic heterocycles. The highest BCUT2D eigenvalue weighted by Gasteiger charge is 2.45. The van der Waals surface area contributed by atoms with Crippen molar-refractivity contribution in [1.29, 1.82) is 0 Å². The van der Waals surface area contributed by atoms with E-state index < -0.39 is 12.6 Å². The lowest BCUT2D eigenvalue weighted by Crippen LogP contribution is -2.42. The Kier molecular flexibility index (Phi) is 6.37. The summed E-state index contributed by atoms with van der Waals surface area (Å²) >= 11 is 0. The second-order valence-electron chi connectivity index (χ2n) is 12.8. The predicted octanol–water partition coefficient (Wildman–Crippen LogP) is 8.58. The molecule has 230 valence electrons. The van der Waals surface area contributed by atoms with Crippen molar-refractivity contribution in [3.05, 3.63) is 163 Å². The number of benzene rings is 6. The van der Waals surface area contributed by atoms with Crippen LogP contribution in [0.4, 0.5) is 0 Å². The third kappa shape index (κ3) is 4.18. The Hall–Kier alpha value is -5.64. The molecule has 0 aliphatic carbocycles. The fourth-order valence-electron chi connectivity index (χ4n) is 7.35. The monoisotopic (exact) mass is 638 g/mol. The normalized spacial score (nSPS) is 16.5. The van der Waals surface area contributed by atoms with Gasteiger partial charge in [0, 0.05) is 43.2 Å². The Morgan fingerprint density at radius 3 is 1.75 bits per heavy atom. The summed E-state index contributed by atoms with van der Waals surface area (Å²) in [7, 11) is -3.22. The van der Waals surface area contributed by atoms with Crippen molar-refractivity contribution in [2.24, 2.45) is 0 Å². The fraction of sp³-hybridized carbons (Fsp3) is 0.0714. The minimum Gasteiger partial charge on any atom is -0.309 e. The van der Waals surface area contributed by atoms with E-state index in [4.69, 9.17) is 15.0 Å². The van der Waals surface area contributed by atoms with Gasteiger partial charge in [0.25, 0.3) is 0 Å². The van der Waals surface area contributed by atoms with Crippen LogP contribution in [0.2, 0.25) is 0 Å². The van der Waals surface area contributed by atoms with E-state index in [0.29, 0.717) is 17.6 Å². The van der Waals surface area contributed by atoms with Crippen molar-refractivity contribution in [3.8, 4) is 28.7 Å². The topological polar surface area (TPSA) is 60.7 Å². The van der Waals surface area contributed by atoms with Crippen LogP contribution in [-0.2, 0) is 9.98 Å². The fourth-order valence-corrected chi connectivity index (χ4v) is 10.7. The first-order valence-corrected chi connectivity index (χ1v) is 17.9. The summed E-state index contributed by atoms with van der Waals surface area (Å²) in [6, 6.07) is 51.1. The lowest BCUT2D eigenvalue weighted by atomic mass is 9.77. The molecule has 0 spiro atoms. The molecule has 5 nitrogen and oxygen atoms in total. The number of hydrogen-bond acceptors (Lipinski definition) is 4. The van der Waals surface area contributed by atoms with Crippen molar-refractivity contribution in [2.45, 2.75) is 19.3 Å². The first-order chi connectivity index (χ1) is 23.4. The molecule has 0 bridgehead atoms. The number of nitrogens with zero attached hydrogens (tertiary/aromatic N) is 4. The zero-order valence-corrected chi connectivity index (χ0v) is 27.5. The second-order valence-corrected chi connectivity index (χ2v) is 15.5. The average molecular weight is 639 g/mol. The highest BCUT2D eigenvalue weighted by atomic mass is 31.2. The van der Waals surface area contributed by atoms with Crippen molar-refractivity contribution >= 4 is 44.9 Å². The number of hydrogen-bond donors (Lipinski definition) is 0. The van der Waals surface area contributed by atoms with Gasteiger partial charge in [0.05, 0.1) is 11.0 Å². The highest BCUT2D eigenvalue weighted by molar-refractivity contribution is 7.85. The summed E-state index contributed by atoms with van der Waals surface area (Å²) in [5, 5.41) is 4.70. The van der Waals surface area contributed by atoms with Crippen LogP contribution in [0.3, 0.4) is 0 Å². The molecule has 0 amide bonds. The summed E-state index contributed by atoms with van der Waals surface area (Å²) in [6.45, 7) is 4.48. The molecule has 8 aromatic rings. The third-order valence-electron chi connectivity index (χ3n) is 9.73. The molecule has 0 N–H and O–H groups in total. The number of para-hydroxylation sites is 1. The minimum atomic E-state index is -3.22. The molecule has 48 heavy (non-hydrogen) atoms. The molecule has 6 heteroatoms. The molecular weight excluding hydrogens is 607 g/mol. The van der Waals surface area contributed by atoms with Crippen LogP contribution in [0.15, 0.2) is 152 Å². The molecular formula is C42H31N4OP. The molecule has 1 aliphatic heterocycles. The molecule has 1 aliphatic rings. The molecule has 6 aromatic carbocycles. The largest absolute Gasteiger partial charge is 0.309 e. The summed E-state index contributed by atoms with van der Waals surface area (Å²) in [4.78, 5) is 15.2. The van der Waals surface area contributed by atoms with E-state index in [1.165, 1.54) is 0 Å². The van der Waals surface area contributed by atoms with Crippen LogP contribution in [0, 0.1) is 0 Å². The number of fused-ring (bicyclic) bond motifs is 5. The maximum absolute atomic E-state index is 15.8. The van der Waals surface area contributed by atoms with E-state index in [2.05, 4.69) is 66.9 Å². The summed E-state index contributed by atoms with van der Waals surface area (Å²) in [6.07, 6.45) is 0. The van der Waals surface area contributed by atoms with Crippen LogP contribution < -0.4 is 15.9 Å². The van der Waals surface area contributed by atoms with Gasteiger partial charge in [0.2, 0.25) is 5.95 Å². The first-order valence-electron chi connectivity index (χ1n) is 16.2. The summed E-state index contributed by atoms with van der Waals surface area (Å²) in [5.41, 5.74) is 5.49. The maximum Gasteiger partial charge on any atom is 0.238 e. The van der Waals surface area contributed by atoms with Gasteiger partial charge in [0.15, 0.2) is 18.8 Å². The maximum atomic E-state index is 15.8. The van der Waals surface area contributed by atoms with Gasteiger partial charge in [-0.15, -0.1) is 0 Å². The quantitative estimate of drug-likeness (QED) is 0.181. The van der Waals surface area contributed by atoms with Crippen molar-refractivity contribution in [3.63, 3.8) is 0 Å². The third-order valence-corrected chi connectivity index (χ3v) is 12.9. The molecule has 0 saturated heterocycles. The molecule has 0 saturated carbocycles. The van der Waals surface area contributed by atoms with E-state index in [-0.39, 0.29) is 0 Å². The van der Waals surface area contributed by atoms with Crippen molar-refractivity contribution in [1.82, 2.24) is 19.5 Å². The first kappa shape index (κ1) is 28.6. The van der Waals surface area contributed by atoms with Crippen LogP contribution in [-0.4, -0.2) is 19.5 Å². The Labute approximate surface area is 279 Å². The smallest absolute Gasteiger partial charge is 0.238 e. The van der Waals surface area contributed by atoms with Crippen LogP contribution in [0.25, 0.3) is 50.5 Å². The van der Waals surface area contributed by atoms with E-state index >= 15 is 4.57 Å². The molecule has 0 radical (unpaired) electrons. The summed E-state index contributed by atoms with van der Waals surface area (Å²) < 4.78 is 17.9. The second kappa shape index (κ2) is 10.7. The van der Waals surface area contributed by atoms with Crippen LogP contribution in [0.5, 0.6) is 0 Å². The van der Waals surface area contributed by atoms with Gasteiger partial charge >= 0.3 is 0 Å². The Balaban J connectivity index is 1.39. The standard InChI is InChI=1S/C42H31N4OP/c1-42(2)33-23-13-15-25-37(33)48(47,30-20-10-5-11-21-30)38-26-32-31-22-12-14-24-35(31)46(36(32)27-34(38)42)41-44-39(28-16-6-3-7-17-28)43-40(45-41)29-18-8-4-9-19-29/h3-27H,1-2H3. The molecule has 3 heterocycles. The lowest BCUT2D eigenvalue weighted by molar-refractivity contribution is 0.586. The van der Waals surface area contributed by atoms with E-state index in [9.17, 15) is 0 Å². The van der Waals surface area contributed by atoms with Gasteiger partial charge in [-0.25, -0.2) is 4.98 Å². The number of rotatable bonds is 4. The van der Waals surface area contributed by atoms with E-state index in [1.807, 2.05) is 103 Å². The van der Waals surface area contributed by atoms with Gasteiger partial charge in [-0.2, -0.15) is 9.97 Å². The van der Waals surface area contributed by atoms with Gasteiger partial charge in [-0.3, -0.25) is 4.57 Å². The average Bonchev–Trinajstić information content (AvgIpc) is 3.48. The zero-order chi connectivity index (χ0) is 32.5. The van der Waals surface area contributed by atoms with Crippen molar-refractivity contribution in [2.75, 3.05) is 0 Å². The molecule has 1 unspecified atom stereocenters. The van der Waals surface area contributed by atoms with Gasteiger partial charge in [-0.1, -0.05) is 147 Å². The Morgan fingerprint density at radius 1 is 0.521 bits per heavy atom. The highest BCUT2D eigenvalue weighted by Crippen LogP contribution is 2.53. The molecule has 0 fully saturated rings. The van der Waals surface area contributed by atoms with E-state index in [1.54, 1.807) is 0 Å². The molecule has 9 rings (SSSR count). The molecule has 1 atom stereocenters. The summed E-state index contributed by atoms with van der Waals surface area (Å²) in [5.74, 6) is 1.74. The SMILES string of the molecule is CC1(C)c2ccccc2P(=O)(c2ccccc2)c2cc3c4ccccc4n(-c4nc(-c5ccccc5)nc(-c5ccccc5)n4)c3cc21. The van der Waals surface area contributed by atoms with Gasteiger partial charge in [0.1, 0.15) is 0 Å². The van der Waals surface area contributed by atoms with Gasteiger partial charge in [-0.05, 0) is 29.3 Å². The van der Waals surface area contributed by atoms with Crippen LogP contribution >= 0.6 is 7.14 Å². The lowest BCUT2D eigenvalue weighted by Gasteiger charge is -2.39. The number of aromatic nitrogens is 4. The van der Waals surface area contributed by atoms with Crippen LogP contribution in [0.1, 0.15) is 25.0 Å². The van der Waals surface area contributed by atoms with Gasteiger partial charge < -0.3 is 4.57 Å². The van der Waals surface area contributed by atoms with Crippen molar-refractivity contribution < 1.29 is 4.57 Å².